The lowest BCUT2D eigenvalue weighted by Gasteiger charge is -2.07. The van der Waals surface area contributed by atoms with Gasteiger partial charge in [-0.05, 0) is 17.2 Å². The quantitative estimate of drug-likeness (QED) is 0.853. The number of primary amides is 1. The van der Waals surface area contributed by atoms with Crippen LogP contribution < -0.4 is 5.73 Å². The van der Waals surface area contributed by atoms with Gasteiger partial charge in [-0.2, -0.15) is 0 Å². The Labute approximate surface area is 110 Å². The number of hydrogen-bond donors (Lipinski definition) is 1. The molecule has 4 nitrogen and oxygen atoms in total. The summed E-state index contributed by atoms with van der Waals surface area (Å²) in [6.07, 6.45) is 2.28. The van der Waals surface area contributed by atoms with E-state index in [1.807, 2.05) is 30.3 Å². The third kappa shape index (κ3) is 3.28. The molecule has 0 aliphatic heterocycles. The molecule has 2 aromatic rings. The van der Waals surface area contributed by atoms with Crippen LogP contribution in [0.1, 0.15) is 16.8 Å². The number of carbonyl (C=O) groups excluding carboxylic acids is 1. The van der Waals surface area contributed by atoms with Gasteiger partial charge < -0.3 is 5.73 Å². The van der Waals surface area contributed by atoms with E-state index in [0.29, 0.717) is 6.42 Å². The maximum atomic E-state index is 11.0. The minimum Gasteiger partial charge on any atom is -0.369 e. The lowest BCUT2D eigenvalue weighted by atomic mass is 10.0. The molecule has 18 heavy (non-hydrogen) atoms. The number of halogens is 1. The van der Waals surface area contributed by atoms with Gasteiger partial charge in [0.2, 0.25) is 11.2 Å². The summed E-state index contributed by atoms with van der Waals surface area (Å²) in [6, 6.07) is 9.83. The molecule has 0 atom stereocenters. The van der Waals surface area contributed by atoms with E-state index in [1.54, 1.807) is 6.20 Å². The molecule has 0 spiro atoms. The topological polar surface area (TPSA) is 68.9 Å². The van der Waals surface area contributed by atoms with Crippen molar-refractivity contribution in [3.8, 4) is 0 Å². The van der Waals surface area contributed by atoms with E-state index < -0.39 is 5.91 Å². The maximum absolute atomic E-state index is 11.0. The lowest BCUT2D eigenvalue weighted by molar-refractivity contribution is -0.117. The van der Waals surface area contributed by atoms with Gasteiger partial charge in [0.15, 0.2) is 0 Å². The molecule has 0 fully saturated rings. The van der Waals surface area contributed by atoms with Gasteiger partial charge in [0.05, 0.1) is 12.1 Å². The SMILES string of the molecule is NC(=O)Cc1cnc(Cl)nc1Cc1ccccc1. The molecule has 1 aromatic heterocycles. The Bertz CT molecular complexity index is 557. The Hall–Kier alpha value is -1.94. The number of rotatable bonds is 4. The van der Waals surface area contributed by atoms with Crippen molar-refractivity contribution in [3.63, 3.8) is 0 Å². The number of carbonyl (C=O) groups is 1. The minimum absolute atomic E-state index is 0.124. The van der Waals surface area contributed by atoms with Gasteiger partial charge in [0.25, 0.3) is 0 Å². The molecule has 0 radical (unpaired) electrons. The normalized spacial score (nSPS) is 10.3. The van der Waals surface area contributed by atoms with Crippen molar-refractivity contribution in [3.05, 3.63) is 58.6 Å². The van der Waals surface area contributed by atoms with Crippen LogP contribution >= 0.6 is 11.6 Å². The molecule has 0 aliphatic carbocycles. The summed E-state index contributed by atoms with van der Waals surface area (Å²) in [5.74, 6) is -0.407. The van der Waals surface area contributed by atoms with Gasteiger partial charge in [-0.25, -0.2) is 9.97 Å². The van der Waals surface area contributed by atoms with Gasteiger partial charge in [-0.3, -0.25) is 4.79 Å². The van der Waals surface area contributed by atoms with E-state index in [1.165, 1.54) is 0 Å². The Morgan fingerprint density at radius 2 is 2.00 bits per heavy atom. The number of benzene rings is 1. The zero-order valence-corrected chi connectivity index (χ0v) is 10.4. The summed E-state index contributed by atoms with van der Waals surface area (Å²) in [4.78, 5) is 19.0. The molecule has 1 aromatic carbocycles. The van der Waals surface area contributed by atoms with Crippen LogP contribution in [0.15, 0.2) is 36.5 Å². The monoisotopic (exact) mass is 261 g/mol. The highest BCUT2D eigenvalue weighted by Crippen LogP contribution is 2.14. The minimum atomic E-state index is -0.407. The predicted molar refractivity (Wildman–Crippen MR) is 69.2 cm³/mol. The van der Waals surface area contributed by atoms with E-state index in [9.17, 15) is 4.79 Å². The Balaban J connectivity index is 2.30. The summed E-state index contributed by atoms with van der Waals surface area (Å²) in [5, 5.41) is 0.175. The van der Waals surface area contributed by atoms with Crippen LogP contribution in [0.4, 0.5) is 0 Å². The van der Waals surface area contributed by atoms with E-state index in [4.69, 9.17) is 17.3 Å². The molecule has 2 N–H and O–H groups in total. The molecule has 0 saturated heterocycles. The van der Waals surface area contributed by atoms with E-state index >= 15 is 0 Å². The lowest BCUT2D eigenvalue weighted by Crippen LogP contribution is -2.16. The number of hydrogen-bond acceptors (Lipinski definition) is 3. The smallest absolute Gasteiger partial charge is 0.222 e. The molecule has 0 aliphatic rings. The second-order valence-electron chi connectivity index (χ2n) is 3.92. The molecule has 0 unspecified atom stereocenters. The van der Waals surface area contributed by atoms with Crippen LogP contribution in [-0.4, -0.2) is 15.9 Å². The maximum Gasteiger partial charge on any atom is 0.222 e. The van der Waals surface area contributed by atoms with Gasteiger partial charge in [0.1, 0.15) is 0 Å². The van der Waals surface area contributed by atoms with Crippen LogP contribution in [0, 0.1) is 0 Å². The molecule has 2 rings (SSSR count). The molecular weight excluding hydrogens is 250 g/mol. The molecule has 0 saturated carbocycles. The number of aromatic nitrogens is 2. The van der Waals surface area contributed by atoms with Crippen molar-refractivity contribution in [2.75, 3.05) is 0 Å². The van der Waals surface area contributed by atoms with Gasteiger partial charge in [-0.15, -0.1) is 0 Å². The zero-order valence-electron chi connectivity index (χ0n) is 9.64. The van der Waals surface area contributed by atoms with Crippen LogP contribution in [0.3, 0.4) is 0 Å². The van der Waals surface area contributed by atoms with Gasteiger partial charge in [0, 0.05) is 18.2 Å². The van der Waals surface area contributed by atoms with E-state index in [-0.39, 0.29) is 11.7 Å². The van der Waals surface area contributed by atoms with Crippen LogP contribution in [-0.2, 0) is 17.6 Å². The Kier molecular flexibility index (Phi) is 3.89. The fourth-order valence-electron chi connectivity index (χ4n) is 1.70. The number of amides is 1. The largest absolute Gasteiger partial charge is 0.369 e. The second kappa shape index (κ2) is 5.60. The number of nitrogens with zero attached hydrogens (tertiary/aromatic N) is 2. The van der Waals surface area contributed by atoms with Crippen molar-refractivity contribution >= 4 is 17.5 Å². The van der Waals surface area contributed by atoms with Gasteiger partial charge in [-0.1, -0.05) is 30.3 Å². The standard InChI is InChI=1S/C13H12ClN3O/c14-13-16-8-10(7-12(15)18)11(17-13)6-9-4-2-1-3-5-9/h1-5,8H,6-7H2,(H2,15,18). The molecule has 1 amide bonds. The van der Waals surface area contributed by atoms with Crippen molar-refractivity contribution in [1.82, 2.24) is 9.97 Å². The summed E-state index contributed by atoms with van der Waals surface area (Å²) in [6.45, 7) is 0. The molecular formula is C13H12ClN3O. The highest BCUT2D eigenvalue weighted by atomic mass is 35.5. The predicted octanol–water partition coefficient (Wildman–Crippen LogP) is 1.75. The first-order valence-electron chi connectivity index (χ1n) is 5.47. The zero-order chi connectivity index (χ0) is 13.0. The van der Waals surface area contributed by atoms with Gasteiger partial charge >= 0.3 is 0 Å². The average molecular weight is 262 g/mol. The second-order valence-corrected chi connectivity index (χ2v) is 4.25. The molecule has 5 heteroatoms. The summed E-state index contributed by atoms with van der Waals surface area (Å²) in [5.41, 5.74) is 7.75. The highest BCUT2D eigenvalue weighted by molar-refractivity contribution is 6.28. The first-order chi connectivity index (χ1) is 8.65. The van der Waals surface area contributed by atoms with Crippen LogP contribution in [0.25, 0.3) is 0 Å². The van der Waals surface area contributed by atoms with Crippen molar-refractivity contribution < 1.29 is 4.79 Å². The molecule has 0 bridgehead atoms. The first kappa shape index (κ1) is 12.5. The van der Waals surface area contributed by atoms with E-state index in [0.717, 1.165) is 16.8 Å². The van der Waals surface area contributed by atoms with Crippen molar-refractivity contribution in [1.29, 1.82) is 0 Å². The van der Waals surface area contributed by atoms with Crippen molar-refractivity contribution in [2.24, 2.45) is 5.73 Å². The average Bonchev–Trinajstić information content (AvgIpc) is 2.33. The Morgan fingerprint density at radius 1 is 1.28 bits per heavy atom. The fourth-order valence-corrected chi connectivity index (χ4v) is 1.85. The molecule has 1 heterocycles. The third-order valence-corrected chi connectivity index (χ3v) is 2.69. The van der Waals surface area contributed by atoms with E-state index in [2.05, 4.69) is 9.97 Å². The molecule has 92 valence electrons. The Morgan fingerprint density at radius 3 is 2.67 bits per heavy atom. The first-order valence-corrected chi connectivity index (χ1v) is 5.85. The fraction of sp³-hybridized carbons (Fsp3) is 0.154. The number of nitrogens with two attached hydrogens (primary N) is 1. The summed E-state index contributed by atoms with van der Waals surface area (Å²) < 4.78 is 0. The van der Waals surface area contributed by atoms with Crippen molar-refractivity contribution in [2.45, 2.75) is 12.8 Å². The summed E-state index contributed by atoms with van der Waals surface area (Å²) >= 11 is 5.78. The van der Waals surface area contributed by atoms with Crippen LogP contribution in [0.2, 0.25) is 5.28 Å². The highest BCUT2D eigenvalue weighted by Gasteiger charge is 2.09. The summed E-state index contributed by atoms with van der Waals surface area (Å²) in [7, 11) is 0. The third-order valence-electron chi connectivity index (χ3n) is 2.50. The van der Waals surface area contributed by atoms with Crippen LogP contribution in [0.5, 0.6) is 0 Å².